The van der Waals surface area contributed by atoms with Gasteiger partial charge in [0.25, 0.3) is 0 Å². The third-order valence-corrected chi connectivity index (χ3v) is 4.90. The SMILES string of the molecule is CC(C)(Sc1c#cncc1-c1ccc2ccccc2c1)C(=O)N=O. The van der Waals surface area contributed by atoms with E-state index >= 15 is 0 Å². The minimum absolute atomic E-state index is 0.706. The van der Waals surface area contributed by atoms with Gasteiger partial charge in [-0.3, -0.25) is 4.79 Å². The quantitative estimate of drug-likeness (QED) is 0.514. The first-order valence-electron chi connectivity index (χ1n) is 7.35. The van der Waals surface area contributed by atoms with E-state index in [4.69, 9.17) is 0 Å². The van der Waals surface area contributed by atoms with Crippen molar-refractivity contribution in [1.29, 1.82) is 0 Å². The van der Waals surface area contributed by atoms with E-state index in [1.165, 1.54) is 11.8 Å². The summed E-state index contributed by atoms with van der Waals surface area (Å²) in [5.74, 6) is -0.706. The van der Waals surface area contributed by atoms with Crippen LogP contribution in [0.2, 0.25) is 0 Å². The van der Waals surface area contributed by atoms with E-state index in [0.29, 0.717) is 4.90 Å². The number of nitrogens with zero attached hydrogens (tertiary/aromatic N) is 2. The number of thioether (sulfide) groups is 1. The van der Waals surface area contributed by atoms with Crippen LogP contribution in [0.5, 0.6) is 0 Å². The molecule has 0 N–H and O–H groups in total. The topological polar surface area (TPSA) is 59.4 Å². The molecule has 1 aromatic heterocycles. The van der Waals surface area contributed by atoms with E-state index in [1.54, 1.807) is 20.0 Å². The number of amides is 1. The van der Waals surface area contributed by atoms with Gasteiger partial charge in [0.05, 0.1) is 9.64 Å². The Morgan fingerprint density at radius 1 is 1.17 bits per heavy atom. The molecule has 24 heavy (non-hydrogen) atoms. The number of carbonyl (C=O) groups is 1. The van der Waals surface area contributed by atoms with Crippen LogP contribution in [-0.4, -0.2) is 15.6 Å². The number of benzene rings is 2. The Morgan fingerprint density at radius 3 is 2.67 bits per heavy atom. The number of aromatic nitrogens is 1. The van der Waals surface area contributed by atoms with Crippen molar-refractivity contribution in [3.63, 3.8) is 0 Å². The van der Waals surface area contributed by atoms with Crippen molar-refractivity contribution in [1.82, 2.24) is 4.98 Å². The number of hydrogen-bond acceptors (Lipinski definition) is 4. The van der Waals surface area contributed by atoms with Gasteiger partial charge in [-0.15, -0.1) is 4.91 Å². The van der Waals surface area contributed by atoms with Crippen LogP contribution in [0.4, 0.5) is 0 Å². The van der Waals surface area contributed by atoms with Gasteiger partial charge >= 0.3 is 5.91 Å². The van der Waals surface area contributed by atoms with Gasteiger partial charge in [0.2, 0.25) is 0 Å². The van der Waals surface area contributed by atoms with Crippen LogP contribution in [0.25, 0.3) is 21.9 Å². The zero-order chi connectivity index (χ0) is 17.2. The molecule has 5 heteroatoms. The van der Waals surface area contributed by atoms with Crippen molar-refractivity contribution in [2.75, 3.05) is 0 Å². The molecule has 0 aliphatic rings. The van der Waals surface area contributed by atoms with Crippen molar-refractivity contribution >= 4 is 28.4 Å². The maximum Gasteiger partial charge on any atom is 0.302 e. The minimum Gasteiger partial charge on any atom is -0.267 e. The van der Waals surface area contributed by atoms with E-state index in [-0.39, 0.29) is 0 Å². The van der Waals surface area contributed by atoms with Crippen molar-refractivity contribution in [3.8, 4) is 11.1 Å². The highest BCUT2D eigenvalue weighted by Crippen LogP contribution is 2.38. The lowest BCUT2D eigenvalue weighted by atomic mass is 10.0. The number of hydrogen-bond donors (Lipinski definition) is 0. The lowest BCUT2D eigenvalue weighted by Crippen LogP contribution is -2.25. The lowest BCUT2D eigenvalue weighted by Gasteiger charge is -2.18. The largest absolute Gasteiger partial charge is 0.302 e. The van der Waals surface area contributed by atoms with Crippen LogP contribution >= 0.6 is 11.8 Å². The molecule has 1 heterocycles. The third kappa shape index (κ3) is 3.15. The summed E-state index contributed by atoms with van der Waals surface area (Å²) in [4.78, 5) is 27.1. The summed E-state index contributed by atoms with van der Waals surface area (Å²) in [7, 11) is 0. The number of carbonyl (C=O) groups excluding carboxylic acids is 1. The molecule has 1 amide bonds. The maximum absolute atomic E-state index is 11.7. The van der Waals surface area contributed by atoms with E-state index in [9.17, 15) is 9.70 Å². The van der Waals surface area contributed by atoms with Crippen molar-refractivity contribution < 1.29 is 4.79 Å². The van der Waals surface area contributed by atoms with E-state index in [2.05, 4.69) is 34.6 Å². The summed E-state index contributed by atoms with van der Waals surface area (Å²) in [6.07, 6.45) is 4.36. The first kappa shape index (κ1) is 16.2. The predicted molar refractivity (Wildman–Crippen MR) is 95.6 cm³/mol. The molecule has 0 unspecified atom stereocenters. The molecule has 4 nitrogen and oxygen atoms in total. The normalized spacial score (nSPS) is 11.1. The Hall–Kier alpha value is -2.71. The van der Waals surface area contributed by atoms with Crippen molar-refractivity contribution in [2.24, 2.45) is 5.18 Å². The average Bonchev–Trinajstić information content (AvgIpc) is 2.60. The fourth-order valence-corrected chi connectivity index (χ4v) is 3.37. The summed E-state index contributed by atoms with van der Waals surface area (Å²) in [6.45, 7) is 3.33. The summed E-state index contributed by atoms with van der Waals surface area (Å²) >= 11 is 1.24. The standard InChI is InChI=1S/C19H14N2O2S/c1-19(2,18(22)21-23)24-17-9-10-20-12-16(17)15-8-7-13-5-3-4-6-14(13)11-15/h3-8,11-12H,1-2H3. The highest BCUT2D eigenvalue weighted by Gasteiger charge is 2.31. The number of nitroso groups, excluding NO2 is 1. The van der Waals surface area contributed by atoms with Crippen LogP contribution in [0.3, 0.4) is 0 Å². The molecule has 2 aromatic carbocycles. The summed E-state index contributed by atoms with van der Waals surface area (Å²) in [6, 6.07) is 17.1. The molecular weight excluding hydrogens is 320 g/mol. The van der Waals surface area contributed by atoms with Crippen LogP contribution in [0, 0.1) is 17.2 Å². The van der Waals surface area contributed by atoms with Gasteiger partial charge in [0, 0.05) is 23.1 Å². The Morgan fingerprint density at radius 2 is 1.92 bits per heavy atom. The lowest BCUT2D eigenvalue weighted by molar-refractivity contribution is -0.119. The second-order valence-corrected chi connectivity index (χ2v) is 7.44. The number of fused-ring (bicyclic) bond motifs is 1. The van der Waals surface area contributed by atoms with Gasteiger partial charge in [0.15, 0.2) is 0 Å². The Labute approximate surface area is 144 Å². The van der Waals surface area contributed by atoms with Crippen molar-refractivity contribution in [3.05, 3.63) is 65.8 Å². The molecule has 3 aromatic rings. The second kappa shape index (κ2) is 6.42. The van der Waals surface area contributed by atoms with Crippen LogP contribution < -0.4 is 0 Å². The first-order chi connectivity index (χ1) is 11.5. The van der Waals surface area contributed by atoms with E-state index in [0.717, 1.165) is 21.9 Å². The molecular formula is C19H14N2O2S. The predicted octanol–water partition coefficient (Wildman–Crippen LogP) is 4.67. The second-order valence-electron chi connectivity index (χ2n) is 5.81. The van der Waals surface area contributed by atoms with Crippen molar-refractivity contribution in [2.45, 2.75) is 23.5 Å². The molecule has 0 saturated heterocycles. The van der Waals surface area contributed by atoms with Crippen LogP contribution in [0.15, 0.2) is 58.7 Å². The number of rotatable bonds is 4. The molecule has 0 spiro atoms. The smallest absolute Gasteiger partial charge is 0.267 e. The first-order valence-corrected chi connectivity index (χ1v) is 8.17. The van der Waals surface area contributed by atoms with Gasteiger partial charge in [-0.1, -0.05) is 48.2 Å². The third-order valence-electron chi connectivity index (χ3n) is 3.69. The summed E-state index contributed by atoms with van der Waals surface area (Å²) < 4.78 is -0.973. The van der Waals surface area contributed by atoms with Gasteiger partial charge in [-0.25, -0.2) is 4.98 Å². The highest BCUT2D eigenvalue weighted by molar-refractivity contribution is 8.01. The summed E-state index contributed by atoms with van der Waals surface area (Å²) in [5.41, 5.74) is 1.81. The Kier molecular flexibility index (Phi) is 4.32. The molecule has 0 atom stereocenters. The van der Waals surface area contributed by atoms with Gasteiger partial charge < -0.3 is 0 Å². The Bertz CT molecular complexity index is 922. The molecule has 0 aliphatic heterocycles. The van der Waals surface area contributed by atoms with Gasteiger partial charge in [-0.05, 0) is 42.3 Å². The molecule has 0 fully saturated rings. The minimum atomic E-state index is -0.973. The van der Waals surface area contributed by atoms with Gasteiger partial charge in [0.1, 0.15) is 0 Å². The zero-order valence-electron chi connectivity index (χ0n) is 13.2. The molecule has 0 bridgehead atoms. The van der Waals surface area contributed by atoms with E-state index in [1.807, 2.05) is 30.3 Å². The molecule has 0 aliphatic carbocycles. The monoisotopic (exact) mass is 334 g/mol. The van der Waals surface area contributed by atoms with Gasteiger partial charge in [-0.2, -0.15) is 0 Å². The average molecular weight is 334 g/mol. The molecule has 0 radical (unpaired) electrons. The van der Waals surface area contributed by atoms with E-state index < -0.39 is 10.7 Å². The Balaban J connectivity index is 2.05. The molecule has 3 rings (SSSR count). The van der Waals surface area contributed by atoms with Crippen LogP contribution in [-0.2, 0) is 4.79 Å². The summed E-state index contributed by atoms with van der Waals surface area (Å²) in [5, 5.41) is 4.81. The highest BCUT2D eigenvalue weighted by atomic mass is 32.2. The molecule has 118 valence electrons. The molecule has 0 saturated carbocycles. The fraction of sp³-hybridized carbons (Fsp3) is 0.158. The van der Waals surface area contributed by atoms with Crippen LogP contribution in [0.1, 0.15) is 13.8 Å². The zero-order valence-corrected chi connectivity index (χ0v) is 14.1. The maximum atomic E-state index is 11.7. The fourth-order valence-electron chi connectivity index (χ4n) is 2.36.